The predicted octanol–water partition coefficient (Wildman–Crippen LogP) is 2.32. The van der Waals surface area contributed by atoms with Crippen LogP contribution in [0.4, 0.5) is 16.2 Å². The zero-order valence-corrected chi connectivity index (χ0v) is 11.1. The molecule has 2 aromatic rings. The van der Waals surface area contributed by atoms with Gasteiger partial charge in [-0.15, -0.1) is 0 Å². The summed E-state index contributed by atoms with van der Waals surface area (Å²) in [6.07, 6.45) is 4.35. The summed E-state index contributed by atoms with van der Waals surface area (Å²) < 4.78 is 1.66. The van der Waals surface area contributed by atoms with Crippen molar-refractivity contribution in [3.8, 4) is 0 Å². The maximum atomic E-state index is 12.3. The van der Waals surface area contributed by atoms with Crippen molar-refractivity contribution >= 4 is 17.4 Å². The molecule has 0 spiro atoms. The van der Waals surface area contributed by atoms with Crippen molar-refractivity contribution in [2.45, 2.75) is 13.3 Å². The third-order valence-corrected chi connectivity index (χ3v) is 3.46. The van der Waals surface area contributed by atoms with E-state index in [1.165, 1.54) is 11.1 Å². The number of carbonyl (C=O) groups excluding carboxylic acids is 1. The van der Waals surface area contributed by atoms with Crippen molar-refractivity contribution in [2.75, 3.05) is 16.8 Å². The van der Waals surface area contributed by atoms with E-state index in [4.69, 9.17) is 0 Å². The molecule has 2 amide bonds. The molecule has 0 saturated carbocycles. The first kappa shape index (κ1) is 11.8. The zero-order valence-electron chi connectivity index (χ0n) is 11.1. The molecule has 1 aromatic carbocycles. The van der Waals surface area contributed by atoms with Crippen LogP contribution in [0.15, 0.2) is 30.6 Å². The van der Waals surface area contributed by atoms with E-state index in [0.29, 0.717) is 5.69 Å². The van der Waals surface area contributed by atoms with Gasteiger partial charge in [0, 0.05) is 25.5 Å². The fourth-order valence-corrected chi connectivity index (χ4v) is 2.50. The molecule has 0 bridgehead atoms. The van der Waals surface area contributed by atoms with Crippen LogP contribution in [0.3, 0.4) is 0 Å². The first-order chi connectivity index (χ1) is 9.15. The molecule has 2 heterocycles. The summed E-state index contributed by atoms with van der Waals surface area (Å²) in [5, 5.41) is 6.91. The van der Waals surface area contributed by atoms with Gasteiger partial charge in [0.2, 0.25) is 0 Å². The highest BCUT2D eigenvalue weighted by Gasteiger charge is 2.25. The molecule has 5 heteroatoms. The molecule has 3 rings (SSSR count). The number of nitrogens with zero attached hydrogens (tertiary/aromatic N) is 3. The second kappa shape index (κ2) is 4.42. The third-order valence-electron chi connectivity index (χ3n) is 3.46. The van der Waals surface area contributed by atoms with E-state index < -0.39 is 0 Å². The van der Waals surface area contributed by atoms with Crippen LogP contribution in [-0.4, -0.2) is 22.4 Å². The molecule has 1 aliphatic rings. The maximum absolute atomic E-state index is 12.3. The van der Waals surface area contributed by atoms with Gasteiger partial charge in [-0.05, 0) is 30.5 Å². The second-order valence-corrected chi connectivity index (χ2v) is 4.81. The van der Waals surface area contributed by atoms with Gasteiger partial charge in [-0.3, -0.25) is 9.58 Å². The number of rotatable bonds is 1. The van der Waals surface area contributed by atoms with Gasteiger partial charge in [-0.2, -0.15) is 5.10 Å². The highest BCUT2D eigenvalue weighted by atomic mass is 16.2. The molecule has 5 nitrogen and oxygen atoms in total. The van der Waals surface area contributed by atoms with Crippen LogP contribution < -0.4 is 10.2 Å². The van der Waals surface area contributed by atoms with E-state index in [2.05, 4.69) is 23.4 Å². The average Bonchev–Trinajstić information content (AvgIpc) is 2.96. The first-order valence-corrected chi connectivity index (χ1v) is 6.31. The number of fused-ring (bicyclic) bond motifs is 1. The average molecular weight is 256 g/mol. The van der Waals surface area contributed by atoms with Crippen molar-refractivity contribution in [2.24, 2.45) is 7.05 Å². The summed E-state index contributed by atoms with van der Waals surface area (Å²) in [6.45, 7) is 2.81. The number of anilines is 2. The lowest BCUT2D eigenvalue weighted by Crippen LogP contribution is -2.33. The van der Waals surface area contributed by atoms with Gasteiger partial charge in [-0.1, -0.05) is 12.1 Å². The van der Waals surface area contributed by atoms with Crippen LogP contribution in [0.1, 0.15) is 11.1 Å². The van der Waals surface area contributed by atoms with Gasteiger partial charge >= 0.3 is 6.03 Å². The van der Waals surface area contributed by atoms with Gasteiger partial charge in [0.15, 0.2) is 0 Å². The zero-order chi connectivity index (χ0) is 13.4. The minimum atomic E-state index is -0.0997. The predicted molar refractivity (Wildman–Crippen MR) is 74.5 cm³/mol. The normalized spacial score (nSPS) is 13.5. The minimum Gasteiger partial charge on any atom is -0.305 e. The lowest BCUT2D eigenvalue weighted by atomic mass is 10.1. The lowest BCUT2D eigenvalue weighted by molar-refractivity contribution is 0.257. The van der Waals surface area contributed by atoms with Crippen molar-refractivity contribution in [1.29, 1.82) is 0 Å². The van der Waals surface area contributed by atoms with Crippen LogP contribution in [-0.2, 0) is 13.5 Å². The molecule has 0 fully saturated rings. The number of nitrogens with one attached hydrogen (secondary N) is 1. The molecule has 1 N–H and O–H groups in total. The number of carbonyl (C=O) groups is 1. The Balaban J connectivity index is 1.82. The number of benzene rings is 1. The maximum Gasteiger partial charge on any atom is 0.326 e. The largest absolute Gasteiger partial charge is 0.326 e. The number of amides is 2. The van der Waals surface area contributed by atoms with Crippen molar-refractivity contribution < 1.29 is 4.79 Å². The lowest BCUT2D eigenvalue weighted by Gasteiger charge is -2.17. The number of aromatic nitrogens is 2. The smallest absolute Gasteiger partial charge is 0.305 e. The fraction of sp³-hybridized carbons (Fsp3) is 0.286. The summed E-state index contributed by atoms with van der Waals surface area (Å²) in [6, 6.07) is 5.97. The summed E-state index contributed by atoms with van der Waals surface area (Å²) in [5.74, 6) is 0. The van der Waals surface area contributed by atoms with Crippen LogP contribution >= 0.6 is 0 Å². The molecule has 0 saturated heterocycles. The van der Waals surface area contributed by atoms with Gasteiger partial charge in [0.05, 0.1) is 11.9 Å². The highest BCUT2D eigenvalue weighted by Crippen LogP contribution is 2.30. The van der Waals surface area contributed by atoms with Crippen molar-refractivity contribution in [1.82, 2.24) is 9.78 Å². The van der Waals surface area contributed by atoms with E-state index in [-0.39, 0.29) is 6.03 Å². The summed E-state index contributed by atoms with van der Waals surface area (Å²) >= 11 is 0. The summed E-state index contributed by atoms with van der Waals surface area (Å²) in [7, 11) is 1.82. The first-order valence-electron chi connectivity index (χ1n) is 6.31. The van der Waals surface area contributed by atoms with Crippen LogP contribution in [0.2, 0.25) is 0 Å². The molecule has 1 aromatic heterocycles. The van der Waals surface area contributed by atoms with E-state index in [1.807, 2.05) is 19.2 Å². The number of urea groups is 1. The third kappa shape index (κ3) is 2.07. The number of hydrogen-bond acceptors (Lipinski definition) is 2. The van der Waals surface area contributed by atoms with E-state index >= 15 is 0 Å². The Morgan fingerprint density at radius 1 is 1.42 bits per heavy atom. The molecule has 0 atom stereocenters. The van der Waals surface area contributed by atoms with E-state index in [9.17, 15) is 4.79 Å². The fourth-order valence-electron chi connectivity index (χ4n) is 2.50. The standard InChI is InChI=1S/C14H16N4O/c1-10-4-3-5-13-12(10)6-7-18(13)14(19)16-11-8-15-17(2)9-11/h3-5,8-9H,6-7H2,1-2H3,(H,16,19). The number of aryl methyl sites for hydroxylation is 2. The van der Waals surface area contributed by atoms with Crippen LogP contribution in [0.5, 0.6) is 0 Å². The monoisotopic (exact) mass is 256 g/mol. The van der Waals surface area contributed by atoms with Gasteiger partial charge in [0.1, 0.15) is 0 Å². The molecule has 0 aliphatic carbocycles. The molecule has 1 aliphatic heterocycles. The molecular weight excluding hydrogens is 240 g/mol. The molecule has 98 valence electrons. The Bertz CT molecular complexity index is 632. The number of hydrogen-bond donors (Lipinski definition) is 1. The van der Waals surface area contributed by atoms with Crippen molar-refractivity contribution in [3.05, 3.63) is 41.7 Å². The van der Waals surface area contributed by atoms with E-state index in [1.54, 1.807) is 22.0 Å². The second-order valence-electron chi connectivity index (χ2n) is 4.81. The topological polar surface area (TPSA) is 50.2 Å². The van der Waals surface area contributed by atoms with Gasteiger partial charge in [0.25, 0.3) is 0 Å². The molecular formula is C14H16N4O. The summed E-state index contributed by atoms with van der Waals surface area (Å²) in [5.41, 5.74) is 4.24. The van der Waals surface area contributed by atoms with Crippen LogP contribution in [0, 0.1) is 6.92 Å². The summed E-state index contributed by atoms with van der Waals surface area (Å²) in [4.78, 5) is 14.1. The Hall–Kier alpha value is -2.30. The Labute approximate surface area is 111 Å². The van der Waals surface area contributed by atoms with Gasteiger partial charge < -0.3 is 5.32 Å². The Morgan fingerprint density at radius 3 is 3.00 bits per heavy atom. The molecule has 0 unspecified atom stereocenters. The van der Waals surface area contributed by atoms with E-state index in [0.717, 1.165) is 18.7 Å². The van der Waals surface area contributed by atoms with Gasteiger partial charge in [-0.25, -0.2) is 4.79 Å². The minimum absolute atomic E-state index is 0.0997. The Kier molecular flexibility index (Phi) is 2.74. The Morgan fingerprint density at radius 2 is 2.26 bits per heavy atom. The SMILES string of the molecule is Cc1cccc2c1CCN2C(=O)Nc1cnn(C)c1. The van der Waals surface area contributed by atoms with Crippen molar-refractivity contribution in [3.63, 3.8) is 0 Å². The highest BCUT2D eigenvalue weighted by molar-refractivity contribution is 6.03. The quantitative estimate of drug-likeness (QED) is 0.851. The molecule has 19 heavy (non-hydrogen) atoms. The van der Waals surface area contributed by atoms with Crippen LogP contribution in [0.25, 0.3) is 0 Å². The molecule has 0 radical (unpaired) electrons.